The van der Waals surface area contributed by atoms with Gasteiger partial charge < -0.3 is 4.74 Å². The fourth-order valence-electron chi connectivity index (χ4n) is 1.42. The van der Waals surface area contributed by atoms with E-state index in [1.165, 1.54) is 19.2 Å². The maximum absolute atomic E-state index is 13.5. The van der Waals surface area contributed by atoms with Gasteiger partial charge in [0.25, 0.3) is 0 Å². The molecule has 1 atom stereocenters. The maximum atomic E-state index is 13.5. The van der Waals surface area contributed by atoms with Gasteiger partial charge in [-0.1, -0.05) is 6.92 Å². The molecule has 0 saturated heterocycles. The third-order valence-electron chi connectivity index (χ3n) is 2.38. The molecule has 0 aromatic heterocycles. The van der Waals surface area contributed by atoms with E-state index in [1.54, 1.807) is 19.1 Å². The second-order valence-corrected chi connectivity index (χ2v) is 3.67. The van der Waals surface area contributed by atoms with Crippen molar-refractivity contribution >= 4 is 11.6 Å². The minimum Gasteiger partial charge on any atom is -0.497 e. The summed E-state index contributed by atoms with van der Waals surface area (Å²) in [6.07, 6.45) is -1.43. The van der Waals surface area contributed by atoms with Crippen molar-refractivity contribution in [1.29, 1.82) is 0 Å². The standard InChI is InChI=1S/C13H15FO3/c1-3-4-11(15)12(14)13(16)9-5-7-10(17-2)8-6-9/h5-8,12H,3-4H2,1-2H3. The molecule has 0 aliphatic rings. The average Bonchev–Trinajstić information content (AvgIpc) is 2.37. The molecule has 1 aromatic rings. The van der Waals surface area contributed by atoms with Crippen LogP contribution in [0.15, 0.2) is 24.3 Å². The van der Waals surface area contributed by atoms with Crippen LogP contribution in [0.4, 0.5) is 4.39 Å². The number of halogens is 1. The monoisotopic (exact) mass is 238 g/mol. The third-order valence-corrected chi connectivity index (χ3v) is 2.38. The Morgan fingerprint density at radius 2 is 1.88 bits per heavy atom. The number of alkyl halides is 1. The number of methoxy groups -OCH3 is 1. The zero-order valence-electron chi connectivity index (χ0n) is 9.90. The highest BCUT2D eigenvalue weighted by Crippen LogP contribution is 2.15. The van der Waals surface area contributed by atoms with Crippen LogP contribution in [0.3, 0.4) is 0 Å². The van der Waals surface area contributed by atoms with E-state index in [2.05, 4.69) is 0 Å². The Hall–Kier alpha value is -1.71. The smallest absolute Gasteiger partial charge is 0.220 e. The summed E-state index contributed by atoms with van der Waals surface area (Å²) in [7, 11) is 1.50. The van der Waals surface area contributed by atoms with Gasteiger partial charge in [-0.3, -0.25) is 9.59 Å². The van der Waals surface area contributed by atoms with E-state index in [1.807, 2.05) is 0 Å². The lowest BCUT2D eigenvalue weighted by Gasteiger charge is -2.06. The first-order valence-electron chi connectivity index (χ1n) is 5.45. The molecule has 4 heteroatoms. The summed E-state index contributed by atoms with van der Waals surface area (Å²) < 4.78 is 18.4. The molecule has 0 amide bonds. The summed E-state index contributed by atoms with van der Waals surface area (Å²) in [6, 6.07) is 6.02. The molecular weight excluding hydrogens is 223 g/mol. The molecule has 0 spiro atoms. The predicted octanol–water partition coefficient (Wildman–Crippen LogP) is 2.59. The van der Waals surface area contributed by atoms with Crippen LogP contribution in [0.5, 0.6) is 5.75 Å². The zero-order chi connectivity index (χ0) is 12.8. The van der Waals surface area contributed by atoms with Crippen LogP contribution in [-0.4, -0.2) is 24.8 Å². The molecule has 0 aliphatic heterocycles. The fourth-order valence-corrected chi connectivity index (χ4v) is 1.42. The van der Waals surface area contributed by atoms with E-state index in [4.69, 9.17) is 4.74 Å². The Kier molecular flexibility index (Phi) is 4.82. The summed E-state index contributed by atoms with van der Waals surface area (Å²) in [6.45, 7) is 1.77. The number of rotatable bonds is 6. The molecule has 92 valence electrons. The van der Waals surface area contributed by atoms with Gasteiger partial charge in [0.1, 0.15) is 5.75 Å². The normalized spacial score (nSPS) is 11.9. The third kappa shape index (κ3) is 3.37. The Balaban J connectivity index is 2.77. The molecule has 3 nitrogen and oxygen atoms in total. The first kappa shape index (κ1) is 13.4. The summed E-state index contributed by atoms with van der Waals surface area (Å²) in [4.78, 5) is 22.9. The molecule has 0 heterocycles. The Labute approximate surface area is 99.6 Å². The van der Waals surface area contributed by atoms with Gasteiger partial charge in [0.15, 0.2) is 5.78 Å². The van der Waals surface area contributed by atoms with Gasteiger partial charge in [0.05, 0.1) is 7.11 Å². The summed E-state index contributed by atoms with van der Waals surface area (Å²) in [5.74, 6) is -0.865. The van der Waals surface area contributed by atoms with Crippen LogP contribution in [-0.2, 0) is 4.79 Å². The highest BCUT2D eigenvalue weighted by Gasteiger charge is 2.25. The minimum atomic E-state index is -2.05. The fraction of sp³-hybridized carbons (Fsp3) is 0.385. The first-order valence-corrected chi connectivity index (χ1v) is 5.45. The molecule has 0 bridgehead atoms. The quantitative estimate of drug-likeness (QED) is 0.565. The van der Waals surface area contributed by atoms with E-state index in [-0.39, 0.29) is 12.0 Å². The molecule has 1 unspecified atom stereocenters. The lowest BCUT2D eigenvalue weighted by molar-refractivity contribution is -0.122. The van der Waals surface area contributed by atoms with Crippen molar-refractivity contribution in [2.75, 3.05) is 7.11 Å². The van der Waals surface area contributed by atoms with Crippen molar-refractivity contribution in [3.8, 4) is 5.75 Å². The van der Waals surface area contributed by atoms with E-state index in [9.17, 15) is 14.0 Å². The summed E-state index contributed by atoms with van der Waals surface area (Å²) in [5, 5.41) is 0. The van der Waals surface area contributed by atoms with E-state index < -0.39 is 17.7 Å². The number of carbonyl (C=O) groups excluding carboxylic acids is 2. The summed E-state index contributed by atoms with van der Waals surface area (Å²) in [5.41, 5.74) is 0.183. The van der Waals surface area contributed by atoms with Gasteiger partial charge in [0, 0.05) is 12.0 Å². The topological polar surface area (TPSA) is 43.4 Å². The molecule has 0 saturated carbocycles. The van der Waals surface area contributed by atoms with E-state index in [0.717, 1.165) is 0 Å². The largest absolute Gasteiger partial charge is 0.497 e. The van der Waals surface area contributed by atoms with Crippen molar-refractivity contribution in [3.05, 3.63) is 29.8 Å². The molecule has 0 fully saturated rings. The van der Waals surface area contributed by atoms with Crippen LogP contribution in [0, 0.1) is 0 Å². The molecule has 0 radical (unpaired) electrons. The molecule has 0 aliphatic carbocycles. The second-order valence-electron chi connectivity index (χ2n) is 3.67. The number of carbonyl (C=O) groups is 2. The number of ether oxygens (including phenoxy) is 1. The lowest BCUT2D eigenvalue weighted by atomic mass is 10.0. The van der Waals surface area contributed by atoms with Gasteiger partial charge >= 0.3 is 0 Å². The highest BCUT2D eigenvalue weighted by molar-refractivity contribution is 6.13. The molecule has 1 rings (SSSR count). The Morgan fingerprint density at radius 3 is 2.35 bits per heavy atom. The van der Waals surface area contributed by atoms with Crippen molar-refractivity contribution in [3.63, 3.8) is 0 Å². The summed E-state index contributed by atoms with van der Waals surface area (Å²) >= 11 is 0. The molecular formula is C13H15FO3. The second kappa shape index (κ2) is 6.13. The van der Waals surface area contributed by atoms with Crippen molar-refractivity contribution < 1.29 is 18.7 Å². The Morgan fingerprint density at radius 1 is 1.29 bits per heavy atom. The number of benzene rings is 1. The number of hydrogen-bond donors (Lipinski definition) is 0. The minimum absolute atomic E-state index is 0.0864. The van der Waals surface area contributed by atoms with Crippen molar-refractivity contribution in [2.45, 2.75) is 25.9 Å². The van der Waals surface area contributed by atoms with Crippen molar-refractivity contribution in [1.82, 2.24) is 0 Å². The van der Waals surface area contributed by atoms with Crippen LogP contribution < -0.4 is 4.74 Å². The van der Waals surface area contributed by atoms with Crippen LogP contribution in [0.2, 0.25) is 0 Å². The lowest BCUT2D eigenvalue weighted by Crippen LogP contribution is -2.25. The van der Waals surface area contributed by atoms with Gasteiger partial charge in [-0.15, -0.1) is 0 Å². The average molecular weight is 238 g/mol. The van der Waals surface area contributed by atoms with E-state index >= 15 is 0 Å². The zero-order valence-corrected chi connectivity index (χ0v) is 9.90. The van der Waals surface area contributed by atoms with Crippen LogP contribution >= 0.6 is 0 Å². The van der Waals surface area contributed by atoms with Crippen LogP contribution in [0.1, 0.15) is 30.1 Å². The molecule has 1 aromatic carbocycles. The van der Waals surface area contributed by atoms with Gasteiger partial charge in [-0.2, -0.15) is 0 Å². The Bertz CT molecular complexity index is 398. The predicted molar refractivity (Wildman–Crippen MR) is 62.1 cm³/mol. The molecule has 0 N–H and O–H groups in total. The van der Waals surface area contributed by atoms with Crippen LogP contribution in [0.25, 0.3) is 0 Å². The number of ketones is 2. The maximum Gasteiger partial charge on any atom is 0.220 e. The number of Topliss-reactive ketones (excluding diaryl/α,β-unsaturated/α-hetero) is 2. The van der Waals surface area contributed by atoms with E-state index in [0.29, 0.717) is 12.2 Å². The van der Waals surface area contributed by atoms with Crippen molar-refractivity contribution in [2.24, 2.45) is 0 Å². The van der Waals surface area contributed by atoms with Gasteiger partial charge in [-0.25, -0.2) is 4.39 Å². The highest BCUT2D eigenvalue weighted by atomic mass is 19.1. The van der Waals surface area contributed by atoms with Gasteiger partial charge in [-0.05, 0) is 30.7 Å². The first-order chi connectivity index (χ1) is 8.10. The SMILES string of the molecule is CCCC(=O)C(F)C(=O)c1ccc(OC)cc1. The number of hydrogen-bond acceptors (Lipinski definition) is 3. The van der Waals surface area contributed by atoms with Gasteiger partial charge in [0.2, 0.25) is 12.0 Å². The molecule has 17 heavy (non-hydrogen) atoms.